The second-order valence-electron chi connectivity index (χ2n) is 6.02. The van der Waals surface area contributed by atoms with Crippen LogP contribution in [0.2, 0.25) is 0 Å². The molecule has 0 saturated carbocycles. The molecular weight excluding hydrogens is 388 g/mol. The highest BCUT2D eigenvalue weighted by molar-refractivity contribution is 6.04. The van der Waals surface area contributed by atoms with E-state index in [-0.39, 0.29) is 12.4 Å². The summed E-state index contributed by atoms with van der Waals surface area (Å²) < 4.78 is 15.3. The van der Waals surface area contributed by atoms with Crippen LogP contribution in [0, 0.1) is 0 Å². The van der Waals surface area contributed by atoms with Crippen LogP contribution in [0.25, 0.3) is 12.2 Å². The molecule has 0 aliphatic carbocycles. The molecule has 0 unspecified atom stereocenters. The van der Waals surface area contributed by atoms with Crippen molar-refractivity contribution in [1.82, 2.24) is 0 Å². The van der Waals surface area contributed by atoms with Crippen molar-refractivity contribution < 1.29 is 33.6 Å². The first-order valence-corrected chi connectivity index (χ1v) is 9.01. The fourth-order valence-corrected chi connectivity index (χ4v) is 2.61. The second kappa shape index (κ2) is 11.5. The average Bonchev–Trinajstić information content (AvgIpc) is 2.79. The van der Waals surface area contributed by atoms with Crippen molar-refractivity contribution in [3.8, 4) is 11.5 Å². The average molecular weight is 412 g/mol. The maximum absolute atomic E-state index is 12.2. The van der Waals surface area contributed by atoms with E-state index in [1.165, 1.54) is 33.5 Å². The lowest BCUT2D eigenvalue weighted by Gasteiger charge is -2.08. The molecule has 0 bridgehead atoms. The zero-order valence-corrected chi connectivity index (χ0v) is 17.3. The standard InChI is InChI=1S/C23H24O7/c1-26-21-13-16(5-9-18(21)15-30-29-4)6-10-19(24)11-7-17-8-12-20(23(25)28-3)22(14-17)27-2/h5-14H,15H2,1-4H3/b10-6+,11-7+. The molecule has 30 heavy (non-hydrogen) atoms. The van der Waals surface area contributed by atoms with Gasteiger partial charge in [-0.05, 0) is 41.5 Å². The van der Waals surface area contributed by atoms with E-state index >= 15 is 0 Å². The van der Waals surface area contributed by atoms with Gasteiger partial charge >= 0.3 is 5.97 Å². The van der Waals surface area contributed by atoms with Crippen LogP contribution in [-0.4, -0.2) is 40.2 Å². The first kappa shape index (κ1) is 22.9. The summed E-state index contributed by atoms with van der Waals surface area (Å²) in [6, 6.07) is 10.4. The molecule has 0 fully saturated rings. The van der Waals surface area contributed by atoms with E-state index in [1.807, 2.05) is 12.1 Å². The number of hydrogen-bond acceptors (Lipinski definition) is 7. The van der Waals surface area contributed by atoms with Crippen LogP contribution < -0.4 is 9.47 Å². The molecule has 0 aliphatic rings. The van der Waals surface area contributed by atoms with Gasteiger partial charge in [-0.15, -0.1) is 0 Å². The Kier molecular flexibility index (Phi) is 8.80. The van der Waals surface area contributed by atoms with Crippen molar-refractivity contribution in [3.63, 3.8) is 0 Å². The highest BCUT2D eigenvalue weighted by atomic mass is 17.2. The molecule has 2 aromatic carbocycles. The maximum Gasteiger partial charge on any atom is 0.341 e. The Labute approximate surface area is 175 Å². The number of ketones is 1. The summed E-state index contributed by atoms with van der Waals surface area (Å²) in [6.07, 6.45) is 6.22. The van der Waals surface area contributed by atoms with Gasteiger partial charge in [0.1, 0.15) is 23.7 Å². The molecule has 7 nitrogen and oxygen atoms in total. The third-order valence-corrected chi connectivity index (χ3v) is 4.15. The molecule has 158 valence electrons. The van der Waals surface area contributed by atoms with Crippen LogP contribution in [0.1, 0.15) is 27.0 Å². The molecule has 0 radical (unpaired) electrons. The first-order chi connectivity index (χ1) is 14.5. The summed E-state index contributed by atoms with van der Waals surface area (Å²) >= 11 is 0. The molecule has 0 amide bonds. The Bertz CT molecular complexity index is 945. The number of esters is 1. The van der Waals surface area contributed by atoms with Crippen molar-refractivity contribution in [3.05, 3.63) is 70.8 Å². The van der Waals surface area contributed by atoms with E-state index in [1.54, 1.807) is 43.5 Å². The van der Waals surface area contributed by atoms with Crippen molar-refractivity contribution in [2.45, 2.75) is 6.61 Å². The van der Waals surface area contributed by atoms with Gasteiger partial charge < -0.3 is 14.2 Å². The van der Waals surface area contributed by atoms with Gasteiger partial charge in [-0.3, -0.25) is 4.79 Å². The molecule has 0 saturated heterocycles. The molecule has 0 N–H and O–H groups in total. The monoisotopic (exact) mass is 412 g/mol. The number of carbonyl (C=O) groups is 2. The molecule has 0 aliphatic heterocycles. The van der Waals surface area contributed by atoms with Crippen molar-refractivity contribution in [1.29, 1.82) is 0 Å². The predicted molar refractivity (Wildman–Crippen MR) is 112 cm³/mol. The lowest BCUT2D eigenvalue weighted by atomic mass is 10.1. The lowest BCUT2D eigenvalue weighted by molar-refractivity contribution is -0.282. The van der Waals surface area contributed by atoms with Gasteiger partial charge in [0.2, 0.25) is 0 Å². The Morgan fingerprint density at radius 3 is 2.00 bits per heavy atom. The molecule has 0 aromatic heterocycles. The van der Waals surface area contributed by atoms with Gasteiger partial charge in [-0.25, -0.2) is 14.6 Å². The summed E-state index contributed by atoms with van der Waals surface area (Å²) in [7, 11) is 5.76. The predicted octanol–water partition coefficient (Wildman–Crippen LogP) is 3.86. The number of ether oxygens (including phenoxy) is 3. The van der Waals surface area contributed by atoms with E-state index in [0.29, 0.717) is 22.6 Å². The van der Waals surface area contributed by atoms with Crippen LogP contribution in [0.3, 0.4) is 0 Å². The summed E-state index contributed by atoms with van der Waals surface area (Å²) in [5.74, 6) is 0.319. The number of methoxy groups -OCH3 is 3. The zero-order chi connectivity index (χ0) is 21.9. The van der Waals surface area contributed by atoms with E-state index in [4.69, 9.17) is 19.1 Å². The topological polar surface area (TPSA) is 80.3 Å². The summed E-state index contributed by atoms with van der Waals surface area (Å²) in [4.78, 5) is 33.4. The van der Waals surface area contributed by atoms with E-state index in [9.17, 15) is 9.59 Å². The maximum atomic E-state index is 12.2. The van der Waals surface area contributed by atoms with Gasteiger partial charge in [0, 0.05) is 5.56 Å². The SMILES string of the molecule is COOCc1ccc(/C=C/C(=O)/C=C/c2ccc(C(=O)OC)c(OC)c2)cc1OC. The Morgan fingerprint density at radius 2 is 1.43 bits per heavy atom. The number of hydrogen-bond donors (Lipinski definition) is 0. The Balaban J connectivity index is 2.09. The molecule has 7 heteroatoms. The van der Waals surface area contributed by atoms with Crippen LogP contribution in [-0.2, 0) is 25.9 Å². The lowest BCUT2D eigenvalue weighted by Crippen LogP contribution is -2.04. The van der Waals surface area contributed by atoms with Gasteiger partial charge in [-0.2, -0.15) is 0 Å². The largest absolute Gasteiger partial charge is 0.496 e. The van der Waals surface area contributed by atoms with Gasteiger partial charge in [-0.1, -0.05) is 30.4 Å². The molecular formula is C23H24O7. The Hall–Kier alpha value is -3.42. The highest BCUT2D eigenvalue weighted by Gasteiger charge is 2.12. The smallest absolute Gasteiger partial charge is 0.341 e. The Morgan fingerprint density at radius 1 is 0.833 bits per heavy atom. The van der Waals surface area contributed by atoms with Crippen LogP contribution >= 0.6 is 0 Å². The number of carbonyl (C=O) groups excluding carboxylic acids is 2. The van der Waals surface area contributed by atoms with E-state index < -0.39 is 5.97 Å². The summed E-state index contributed by atoms with van der Waals surface area (Å²) in [6.45, 7) is 0.254. The minimum Gasteiger partial charge on any atom is -0.496 e. The molecule has 2 rings (SSSR count). The van der Waals surface area contributed by atoms with Gasteiger partial charge in [0.15, 0.2) is 5.78 Å². The summed E-state index contributed by atoms with van der Waals surface area (Å²) in [5.41, 5.74) is 2.66. The van der Waals surface area contributed by atoms with E-state index in [2.05, 4.69) is 4.89 Å². The van der Waals surface area contributed by atoms with Gasteiger partial charge in [0.25, 0.3) is 0 Å². The minimum absolute atomic E-state index is 0.197. The van der Waals surface area contributed by atoms with Crippen LogP contribution in [0.15, 0.2) is 48.6 Å². The molecule has 0 heterocycles. The first-order valence-electron chi connectivity index (χ1n) is 9.01. The summed E-state index contributed by atoms with van der Waals surface area (Å²) in [5, 5.41) is 0. The quantitative estimate of drug-likeness (QED) is 0.254. The normalized spacial score (nSPS) is 11.1. The van der Waals surface area contributed by atoms with E-state index in [0.717, 1.165) is 11.1 Å². The molecule has 0 atom stereocenters. The minimum atomic E-state index is -0.489. The third kappa shape index (κ3) is 6.30. The van der Waals surface area contributed by atoms with Crippen molar-refractivity contribution in [2.75, 3.05) is 28.4 Å². The molecule has 2 aromatic rings. The van der Waals surface area contributed by atoms with Gasteiger partial charge in [0.05, 0.1) is 28.4 Å². The fourth-order valence-electron chi connectivity index (χ4n) is 2.61. The highest BCUT2D eigenvalue weighted by Crippen LogP contribution is 2.23. The zero-order valence-electron chi connectivity index (χ0n) is 17.3. The van der Waals surface area contributed by atoms with Crippen LogP contribution in [0.4, 0.5) is 0 Å². The van der Waals surface area contributed by atoms with Crippen molar-refractivity contribution in [2.24, 2.45) is 0 Å². The van der Waals surface area contributed by atoms with Crippen molar-refractivity contribution >= 4 is 23.9 Å². The number of benzene rings is 2. The number of allylic oxidation sites excluding steroid dienone is 2. The second-order valence-corrected chi connectivity index (χ2v) is 6.02. The number of rotatable bonds is 10. The third-order valence-electron chi connectivity index (χ3n) is 4.15. The molecule has 0 spiro atoms. The fraction of sp³-hybridized carbons (Fsp3) is 0.217. The van der Waals surface area contributed by atoms with Crippen LogP contribution in [0.5, 0.6) is 11.5 Å².